The van der Waals surface area contributed by atoms with Crippen molar-refractivity contribution in [2.45, 2.75) is 33.1 Å². The van der Waals surface area contributed by atoms with E-state index in [2.05, 4.69) is 53.1 Å². The second kappa shape index (κ2) is 11.0. The number of carbonyl (C=O) groups is 1. The van der Waals surface area contributed by atoms with Gasteiger partial charge in [-0.1, -0.05) is 48.5 Å². The Labute approximate surface area is 184 Å². The van der Waals surface area contributed by atoms with E-state index >= 15 is 0 Å². The van der Waals surface area contributed by atoms with E-state index < -0.39 is 5.97 Å². The average Bonchev–Trinajstić information content (AvgIpc) is 2.75. The number of hydrogen-bond acceptors (Lipinski definition) is 5. The molecule has 0 radical (unpaired) electrons. The highest BCUT2D eigenvalue weighted by Crippen LogP contribution is 2.19. The Bertz CT molecular complexity index is 887. The van der Waals surface area contributed by atoms with E-state index in [0.717, 1.165) is 44.7 Å². The summed E-state index contributed by atoms with van der Waals surface area (Å²) in [6.45, 7) is 9.78. The van der Waals surface area contributed by atoms with E-state index in [-0.39, 0.29) is 12.8 Å². The minimum absolute atomic E-state index is 0.0463. The average molecular weight is 424 g/mol. The molecule has 2 aromatic carbocycles. The first-order chi connectivity index (χ1) is 14.9. The normalized spacial score (nSPS) is 16.3. The van der Waals surface area contributed by atoms with Gasteiger partial charge in [0, 0.05) is 44.8 Å². The number of hydrogen-bond donors (Lipinski definition) is 2. The monoisotopic (exact) mass is 423 g/mol. The molecule has 0 spiro atoms. The van der Waals surface area contributed by atoms with Crippen molar-refractivity contribution < 1.29 is 15.1 Å². The quantitative estimate of drug-likeness (QED) is 0.362. The van der Waals surface area contributed by atoms with Gasteiger partial charge in [0.05, 0.1) is 12.1 Å². The van der Waals surface area contributed by atoms with Gasteiger partial charge in [0.15, 0.2) is 0 Å². The number of benzene rings is 2. The van der Waals surface area contributed by atoms with E-state index in [1.165, 1.54) is 16.8 Å². The van der Waals surface area contributed by atoms with Gasteiger partial charge in [-0.2, -0.15) is 0 Å². The number of aryl methyl sites for hydroxylation is 1. The summed E-state index contributed by atoms with van der Waals surface area (Å²) in [7, 11) is 0. The van der Waals surface area contributed by atoms with Crippen LogP contribution in [-0.4, -0.2) is 59.6 Å². The molecular weight excluding hydrogens is 390 g/mol. The smallest absolute Gasteiger partial charge is 0.303 e. The third kappa shape index (κ3) is 6.82. The van der Waals surface area contributed by atoms with E-state index in [1.807, 2.05) is 24.3 Å². The van der Waals surface area contributed by atoms with Crippen LogP contribution in [0.3, 0.4) is 0 Å². The van der Waals surface area contributed by atoms with Gasteiger partial charge in [-0.25, -0.2) is 0 Å². The largest absolute Gasteiger partial charge is 0.481 e. The Hall–Kier alpha value is -2.86. The molecular formula is C25H33N3O3. The lowest BCUT2D eigenvalue weighted by atomic mass is 9.97. The molecule has 2 aromatic rings. The molecule has 1 aliphatic heterocycles. The molecule has 6 heteroatoms. The molecule has 0 saturated carbocycles. The highest BCUT2D eigenvalue weighted by Gasteiger charge is 2.19. The molecule has 1 saturated heterocycles. The second-order valence-corrected chi connectivity index (χ2v) is 8.57. The molecule has 1 heterocycles. The van der Waals surface area contributed by atoms with Crippen molar-refractivity contribution in [1.82, 2.24) is 4.90 Å². The fourth-order valence-electron chi connectivity index (χ4n) is 4.23. The predicted molar refractivity (Wildman–Crippen MR) is 124 cm³/mol. The molecule has 6 nitrogen and oxygen atoms in total. The van der Waals surface area contributed by atoms with Crippen molar-refractivity contribution in [1.29, 1.82) is 0 Å². The number of piperazine rings is 1. The Balaban J connectivity index is 1.46. The van der Waals surface area contributed by atoms with Crippen LogP contribution in [0.15, 0.2) is 53.7 Å². The summed E-state index contributed by atoms with van der Waals surface area (Å²) in [5.74, 6) is -0.360. The fourth-order valence-corrected chi connectivity index (χ4v) is 4.23. The Kier molecular flexibility index (Phi) is 8.06. The summed E-state index contributed by atoms with van der Waals surface area (Å²) in [5.41, 5.74) is 5.05. The van der Waals surface area contributed by atoms with E-state index in [4.69, 9.17) is 5.11 Å². The molecule has 0 amide bonds. The third-order valence-electron chi connectivity index (χ3n) is 5.88. The summed E-state index contributed by atoms with van der Waals surface area (Å²) in [6.07, 6.45) is 1.16. The summed E-state index contributed by atoms with van der Waals surface area (Å²) >= 11 is 0. The Morgan fingerprint density at radius 3 is 2.39 bits per heavy atom. The minimum Gasteiger partial charge on any atom is -0.481 e. The SMILES string of the molecule is Cc1cccc(N2CCN(CC(C)Cc3ccc(/C(CCC(=O)O)=N\O)cc3)CC2)c1. The van der Waals surface area contributed by atoms with Gasteiger partial charge >= 0.3 is 5.97 Å². The van der Waals surface area contributed by atoms with Crippen LogP contribution >= 0.6 is 0 Å². The molecule has 0 aromatic heterocycles. The highest BCUT2D eigenvalue weighted by atomic mass is 16.4. The van der Waals surface area contributed by atoms with Crippen LogP contribution in [0, 0.1) is 12.8 Å². The van der Waals surface area contributed by atoms with Crippen LogP contribution in [0.5, 0.6) is 0 Å². The maximum absolute atomic E-state index is 10.8. The molecule has 1 atom stereocenters. The molecule has 166 valence electrons. The molecule has 1 aliphatic rings. The van der Waals surface area contributed by atoms with Crippen molar-refractivity contribution in [3.05, 3.63) is 65.2 Å². The first kappa shape index (κ1) is 22.8. The van der Waals surface area contributed by atoms with Crippen LogP contribution in [0.2, 0.25) is 0 Å². The second-order valence-electron chi connectivity index (χ2n) is 8.57. The maximum atomic E-state index is 10.8. The number of rotatable bonds is 9. The zero-order valence-corrected chi connectivity index (χ0v) is 18.5. The molecule has 1 fully saturated rings. The van der Waals surface area contributed by atoms with Crippen LogP contribution < -0.4 is 4.90 Å². The molecule has 3 rings (SSSR count). The lowest BCUT2D eigenvalue weighted by molar-refractivity contribution is -0.136. The van der Waals surface area contributed by atoms with Crippen molar-refractivity contribution in [3.8, 4) is 0 Å². The minimum atomic E-state index is -0.897. The summed E-state index contributed by atoms with van der Waals surface area (Å²) in [4.78, 5) is 15.8. The first-order valence-electron chi connectivity index (χ1n) is 11.0. The maximum Gasteiger partial charge on any atom is 0.303 e. The van der Waals surface area contributed by atoms with Crippen LogP contribution in [0.4, 0.5) is 5.69 Å². The van der Waals surface area contributed by atoms with Gasteiger partial charge in [-0.15, -0.1) is 0 Å². The highest BCUT2D eigenvalue weighted by molar-refractivity contribution is 6.01. The molecule has 31 heavy (non-hydrogen) atoms. The van der Waals surface area contributed by atoms with Gasteiger partial charge < -0.3 is 15.2 Å². The summed E-state index contributed by atoms with van der Waals surface area (Å²) in [5, 5.41) is 21.3. The zero-order valence-electron chi connectivity index (χ0n) is 18.5. The molecule has 2 N–H and O–H groups in total. The van der Waals surface area contributed by atoms with Gasteiger partial charge in [0.25, 0.3) is 0 Å². The first-order valence-corrected chi connectivity index (χ1v) is 11.0. The Morgan fingerprint density at radius 1 is 1.06 bits per heavy atom. The topological polar surface area (TPSA) is 76.4 Å². The van der Waals surface area contributed by atoms with Gasteiger partial charge in [0.1, 0.15) is 0 Å². The van der Waals surface area contributed by atoms with E-state index in [0.29, 0.717) is 11.6 Å². The van der Waals surface area contributed by atoms with Crippen molar-refractivity contribution in [2.24, 2.45) is 11.1 Å². The standard InChI is InChI=1S/C25H33N3O3/c1-19-4-3-5-23(17-19)28-14-12-27(13-15-28)18-20(2)16-21-6-8-22(9-7-21)24(26-31)10-11-25(29)30/h3-9,17,20,31H,10-16,18H2,1-2H3,(H,29,30)/b26-24-. The summed E-state index contributed by atoms with van der Waals surface area (Å²) < 4.78 is 0. The van der Waals surface area contributed by atoms with E-state index in [1.54, 1.807) is 0 Å². The Morgan fingerprint density at radius 2 is 1.77 bits per heavy atom. The molecule has 0 aliphatic carbocycles. The number of carboxylic acid groups (broad SMARTS) is 1. The third-order valence-corrected chi connectivity index (χ3v) is 5.88. The van der Waals surface area contributed by atoms with Crippen molar-refractivity contribution in [3.63, 3.8) is 0 Å². The van der Waals surface area contributed by atoms with Crippen LogP contribution in [0.25, 0.3) is 0 Å². The predicted octanol–water partition coefficient (Wildman–Crippen LogP) is 4.04. The van der Waals surface area contributed by atoms with E-state index in [9.17, 15) is 10.0 Å². The number of oxime groups is 1. The van der Waals surface area contributed by atoms with Crippen molar-refractivity contribution >= 4 is 17.4 Å². The fraction of sp³-hybridized carbons (Fsp3) is 0.440. The van der Waals surface area contributed by atoms with Crippen molar-refractivity contribution in [2.75, 3.05) is 37.6 Å². The molecule has 0 bridgehead atoms. The number of carboxylic acids is 1. The van der Waals surface area contributed by atoms with Crippen LogP contribution in [0.1, 0.15) is 36.5 Å². The van der Waals surface area contributed by atoms with Gasteiger partial charge in [-0.05, 0) is 48.1 Å². The lowest BCUT2D eigenvalue weighted by Gasteiger charge is -2.37. The summed E-state index contributed by atoms with van der Waals surface area (Å²) in [6, 6.07) is 16.7. The van der Waals surface area contributed by atoms with Gasteiger partial charge in [0.2, 0.25) is 0 Å². The number of anilines is 1. The number of nitrogens with zero attached hydrogens (tertiary/aromatic N) is 3. The van der Waals surface area contributed by atoms with Gasteiger partial charge in [-0.3, -0.25) is 9.69 Å². The number of aliphatic carboxylic acids is 1. The van der Waals surface area contributed by atoms with Crippen LogP contribution in [-0.2, 0) is 11.2 Å². The molecule has 1 unspecified atom stereocenters. The zero-order chi connectivity index (χ0) is 22.2. The lowest BCUT2D eigenvalue weighted by Crippen LogP contribution is -2.47.